The van der Waals surface area contributed by atoms with Crippen molar-refractivity contribution in [3.8, 4) is 0 Å². The highest BCUT2D eigenvalue weighted by atomic mass is 16.7. The first kappa shape index (κ1) is 26.8. The summed E-state index contributed by atoms with van der Waals surface area (Å²) in [5.41, 5.74) is 0. The molecule has 0 radical (unpaired) electrons. The predicted octanol–water partition coefficient (Wildman–Crippen LogP) is 2.47. The Kier molecular flexibility index (Phi) is 10.3. The van der Waals surface area contributed by atoms with E-state index in [2.05, 4.69) is 6.92 Å². The molecule has 0 aromatic heterocycles. The smallest absolute Gasteiger partial charge is 0.333 e. The summed E-state index contributed by atoms with van der Waals surface area (Å²) in [6.45, 7) is 6.78. The zero-order chi connectivity index (χ0) is 24.5. The number of carbonyl (C=O) groups is 5. The molecule has 5 unspecified atom stereocenters. The summed E-state index contributed by atoms with van der Waals surface area (Å²) in [6.07, 6.45) is 3.16. The summed E-state index contributed by atoms with van der Waals surface area (Å²) in [5, 5.41) is 0.570. The van der Waals surface area contributed by atoms with Crippen LogP contribution in [0.25, 0.3) is 0 Å². The van der Waals surface area contributed by atoms with E-state index >= 15 is 0 Å². The lowest BCUT2D eigenvalue weighted by Crippen LogP contribution is -2.52. The fourth-order valence-corrected chi connectivity index (χ4v) is 4.22. The first-order valence-corrected chi connectivity index (χ1v) is 11.6. The molecule has 2 aliphatic heterocycles. The van der Waals surface area contributed by atoms with Gasteiger partial charge in [-0.2, -0.15) is 0 Å². The molecule has 0 saturated carbocycles. The number of hydroxylamine groups is 2. The molecule has 2 rings (SSSR count). The minimum atomic E-state index is -0.582. The number of amides is 2. The Morgan fingerprint density at radius 1 is 0.909 bits per heavy atom. The molecule has 0 aromatic carbocycles. The van der Waals surface area contributed by atoms with Gasteiger partial charge in [-0.15, -0.1) is 5.06 Å². The Bertz CT molecular complexity index is 721. The summed E-state index contributed by atoms with van der Waals surface area (Å²) in [5.74, 6) is -2.17. The molecular weight excluding hydrogens is 434 g/mol. The summed E-state index contributed by atoms with van der Waals surface area (Å²) in [6, 6.07) is 0. The van der Waals surface area contributed by atoms with E-state index in [1.165, 1.54) is 13.8 Å². The minimum absolute atomic E-state index is 0.0327. The molecule has 2 amide bonds. The highest BCUT2D eigenvalue weighted by Gasteiger charge is 2.43. The van der Waals surface area contributed by atoms with Crippen LogP contribution in [0, 0.1) is 11.8 Å². The van der Waals surface area contributed by atoms with Gasteiger partial charge in [0.1, 0.15) is 18.8 Å². The van der Waals surface area contributed by atoms with E-state index in [1.54, 1.807) is 0 Å². The van der Waals surface area contributed by atoms with Gasteiger partial charge in [-0.05, 0) is 18.8 Å². The van der Waals surface area contributed by atoms with Crippen LogP contribution in [0.15, 0.2) is 0 Å². The van der Waals surface area contributed by atoms with Gasteiger partial charge in [0.2, 0.25) is 0 Å². The highest BCUT2D eigenvalue weighted by molar-refractivity contribution is 6.01. The zero-order valence-electron chi connectivity index (χ0n) is 19.9. The largest absolute Gasteiger partial charge is 0.463 e. The van der Waals surface area contributed by atoms with E-state index in [-0.39, 0.29) is 43.8 Å². The number of carbonyl (C=O) groups excluding carboxylic acids is 5. The third kappa shape index (κ3) is 8.10. The predicted molar refractivity (Wildman–Crippen MR) is 114 cm³/mol. The standard InChI is InChI=1S/C23H35NO9/c1-14-15(2)23(31-17(4)26)19(13-30-16(3)25)32-18(14)9-7-5-6-8-10-22(29)33-24-20(27)11-12-21(24)28/h14-15,18-19,23H,5-13H2,1-4H3. The van der Waals surface area contributed by atoms with Crippen molar-refractivity contribution >= 4 is 29.7 Å². The average Bonchev–Trinajstić information content (AvgIpc) is 3.06. The molecule has 186 valence electrons. The van der Waals surface area contributed by atoms with Crippen LogP contribution in [0.3, 0.4) is 0 Å². The van der Waals surface area contributed by atoms with Gasteiger partial charge < -0.3 is 19.0 Å². The third-order valence-electron chi connectivity index (χ3n) is 6.22. The Balaban J connectivity index is 1.73. The van der Waals surface area contributed by atoms with Gasteiger partial charge in [-0.1, -0.05) is 33.1 Å². The van der Waals surface area contributed by atoms with Crippen LogP contribution in [-0.2, 0) is 43.0 Å². The molecule has 0 bridgehead atoms. The monoisotopic (exact) mass is 469 g/mol. The van der Waals surface area contributed by atoms with Crippen molar-refractivity contribution in [2.24, 2.45) is 11.8 Å². The molecule has 2 heterocycles. The molecule has 0 aromatic rings. The van der Waals surface area contributed by atoms with E-state index < -0.39 is 41.9 Å². The van der Waals surface area contributed by atoms with Crippen molar-refractivity contribution in [1.82, 2.24) is 5.06 Å². The minimum Gasteiger partial charge on any atom is -0.463 e. The maximum absolute atomic E-state index is 11.8. The second-order valence-corrected chi connectivity index (χ2v) is 8.81. The van der Waals surface area contributed by atoms with Gasteiger partial charge >= 0.3 is 17.9 Å². The first-order chi connectivity index (χ1) is 15.6. The van der Waals surface area contributed by atoms with Gasteiger partial charge in [0, 0.05) is 39.0 Å². The summed E-state index contributed by atoms with van der Waals surface area (Å²) >= 11 is 0. The third-order valence-corrected chi connectivity index (χ3v) is 6.22. The molecular formula is C23H35NO9. The number of hydrogen-bond acceptors (Lipinski definition) is 9. The van der Waals surface area contributed by atoms with Crippen LogP contribution in [0.4, 0.5) is 0 Å². The molecule has 0 spiro atoms. The van der Waals surface area contributed by atoms with E-state index in [0.717, 1.165) is 25.7 Å². The van der Waals surface area contributed by atoms with Gasteiger partial charge in [-0.25, -0.2) is 4.79 Å². The van der Waals surface area contributed by atoms with Crippen LogP contribution in [0.1, 0.15) is 79.1 Å². The zero-order valence-corrected chi connectivity index (χ0v) is 19.9. The van der Waals surface area contributed by atoms with E-state index in [0.29, 0.717) is 11.5 Å². The van der Waals surface area contributed by atoms with Crippen molar-refractivity contribution in [3.05, 3.63) is 0 Å². The fourth-order valence-electron chi connectivity index (χ4n) is 4.22. The van der Waals surface area contributed by atoms with E-state index in [4.69, 9.17) is 19.0 Å². The van der Waals surface area contributed by atoms with Crippen molar-refractivity contribution in [2.75, 3.05) is 6.61 Å². The van der Waals surface area contributed by atoms with Gasteiger partial charge in [0.15, 0.2) is 0 Å². The Morgan fingerprint density at radius 3 is 2.15 bits per heavy atom. The van der Waals surface area contributed by atoms with E-state index in [1.807, 2.05) is 6.92 Å². The first-order valence-electron chi connectivity index (χ1n) is 11.6. The second-order valence-electron chi connectivity index (χ2n) is 8.81. The number of imide groups is 1. The maximum Gasteiger partial charge on any atom is 0.333 e. The van der Waals surface area contributed by atoms with Crippen LogP contribution >= 0.6 is 0 Å². The molecule has 33 heavy (non-hydrogen) atoms. The topological polar surface area (TPSA) is 126 Å². The lowest BCUT2D eigenvalue weighted by atomic mass is 9.79. The molecule has 2 fully saturated rings. The Morgan fingerprint density at radius 2 is 1.55 bits per heavy atom. The number of unbranched alkanes of at least 4 members (excludes halogenated alkanes) is 3. The Hall–Kier alpha value is -2.49. The molecule has 5 atom stereocenters. The quantitative estimate of drug-likeness (QED) is 0.255. The summed E-state index contributed by atoms with van der Waals surface area (Å²) in [4.78, 5) is 62.4. The fraction of sp³-hybridized carbons (Fsp3) is 0.783. The van der Waals surface area contributed by atoms with Crippen LogP contribution < -0.4 is 0 Å². The molecule has 0 N–H and O–H groups in total. The molecule has 10 heteroatoms. The van der Waals surface area contributed by atoms with Gasteiger partial charge in [0.05, 0.1) is 6.10 Å². The van der Waals surface area contributed by atoms with Crippen molar-refractivity contribution < 1.29 is 43.0 Å². The molecule has 2 saturated heterocycles. The van der Waals surface area contributed by atoms with Crippen molar-refractivity contribution in [1.29, 1.82) is 0 Å². The van der Waals surface area contributed by atoms with Gasteiger partial charge in [0.25, 0.3) is 11.8 Å². The molecule has 0 aliphatic carbocycles. The van der Waals surface area contributed by atoms with Crippen molar-refractivity contribution in [2.45, 2.75) is 97.4 Å². The normalized spacial score (nSPS) is 27.4. The lowest BCUT2D eigenvalue weighted by Gasteiger charge is -2.44. The average molecular weight is 470 g/mol. The number of ether oxygens (including phenoxy) is 3. The van der Waals surface area contributed by atoms with Crippen LogP contribution in [-0.4, -0.2) is 59.7 Å². The number of rotatable bonds is 11. The van der Waals surface area contributed by atoms with E-state index in [9.17, 15) is 24.0 Å². The summed E-state index contributed by atoms with van der Waals surface area (Å²) < 4.78 is 16.8. The van der Waals surface area contributed by atoms with Crippen LogP contribution in [0.2, 0.25) is 0 Å². The lowest BCUT2D eigenvalue weighted by molar-refractivity contribution is -0.206. The SMILES string of the molecule is CC(=O)OCC1OC(CCCCCCC(=O)ON2C(=O)CCC2=O)C(C)C(C)C1OC(C)=O. The van der Waals surface area contributed by atoms with Gasteiger partial charge in [-0.3, -0.25) is 19.2 Å². The maximum atomic E-state index is 11.8. The number of hydrogen-bond donors (Lipinski definition) is 0. The number of nitrogens with zero attached hydrogens (tertiary/aromatic N) is 1. The molecule has 10 nitrogen and oxygen atoms in total. The summed E-state index contributed by atoms with van der Waals surface area (Å²) in [7, 11) is 0. The van der Waals surface area contributed by atoms with Crippen LogP contribution in [0.5, 0.6) is 0 Å². The highest BCUT2D eigenvalue weighted by Crippen LogP contribution is 2.35. The molecule has 2 aliphatic rings. The van der Waals surface area contributed by atoms with Crippen molar-refractivity contribution in [3.63, 3.8) is 0 Å². The second kappa shape index (κ2) is 12.7. The number of esters is 2. The Labute approximate surface area is 194 Å².